The van der Waals surface area contributed by atoms with Gasteiger partial charge < -0.3 is 14.6 Å². The Labute approximate surface area is 151 Å². The Bertz CT molecular complexity index is 1030. The second-order valence-electron chi connectivity index (χ2n) is 6.67. The van der Waals surface area contributed by atoms with Gasteiger partial charge in [-0.3, -0.25) is 9.59 Å². The van der Waals surface area contributed by atoms with Crippen molar-refractivity contribution in [3.05, 3.63) is 70.9 Å². The van der Waals surface area contributed by atoms with Crippen LogP contribution in [0, 0.1) is 6.92 Å². The van der Waals surface area contributed by atoms with E-state index in [-0.39, 0.29) is 18.5 Å². The molecule has 1 unspecified atom stereocenters. The largest absolute Gasteiger partial charge is 0.480 e. The maximum Gasteiger partial charge on any atom is 0.323 e. The maximum absolute atomic E-state index is 13.2. The third kappa shape index (κ3) is 2.31. The molecular formula is C21H20N2O3. The molecule has 4 rings (SSSR count). The van der Waals surface area contributed by atoms with E-state index >= 15 is 0 Å². The quantitative estimate of drug-likeness (QED) is 0.783. The van der Waals surface area contributed by atoms with Crippen molar-refractivity contribution in [2.75, 3.05) is 6.54 Å². The second kappa shape index (κ2) is 6.02. The van der Waals surface area contributed by atoms with Crippen molar-refractivity contribution < 1.29 is 14.7 Å². The molecule has 26 heavy (non-hydrogen) atoms. The first-order valence-electron chi connectivity index (χ1n) is 8.73. The number of amides is 1. The molecule has 0 saturated heterocycles. The fourth-order valence-electron chi connectivity index (χ4n) is 4.07. The van der Waals surface area contributed by atoms with E-state index in [9.17, 15) is 14.7 Å². The molecule has 1 aliphatic heterocycles. The number of hydrogen-bond donors (Lipinski definition) is 1. The van der Waals surface area contributed by atoms with Crippen LogP contribution in [0.3, 0.4) is 0 Å². The van der Waals surface area contributed by atoms with Gasteiger partial charge in [0.1, 0.15) is 12.2 Å². The molecule has 0 spiro atoms. The van der Waals surface area contributed by atoms with E-state index < -0.39 is 5.97 Å². The van der Waals surface area contributed by atoms with Crippen LogP contribution in [0.5, 0.6) is 0 Å². The summed E-state index contributed by atoms with van der Waals surface area (Å²) >= 11 is 0. The van der Waals surface area contributed by atoms with Gasteiger partial charge in [-0.1, -0.05) is 48.0 Å². The number of aryl methyl sites for hydroxylation is 2. The van der Waals surface area contributed by atoms with Crippen LogP contribution in [0.15, 0.2) is 48.5 Å². The number of para-hydroxylation sites is 1. The number of carboxylic acid groups (broad SMARTS) is 1. The Morgan fingerprint density at radius 1 is 1.15 bits per heavy atom. The number of carbonyl (C=O) groups is 2. The van der Waals surface area contributed by atoms with Crippen LogP contribution in [0.25, 0.3) is 10.9 Å². The summed E-state index contributed by atoms with van der Waals surface area (Å²) in [4.78, 5) is 26.1. The Hall–Kier alpha value is -3.08. The highest BCUT2D eigenvalue weighted by atomic mass is 16.4. The number of aliphatic carboxylic acids is 1. The minimum atomic E-state index is -1.01. The zero-order valence-corrected chi connectivity index (χ0v) is 14.8. The van der Waals surface area contributed by atoms with E-state index in [2.05, 4.69) is 0 Å². The van der Waals surface area contributed by atoms with Gasteiger partial charge in [0, 0.05) is 23.0 Å². The predicted molar refractivity (Wildman–Crippen MR) is 99.3 cm³/mol. The zero-order valence-electron chi connectivity index (χ0n) is 14.8. The van der Waals surface area contributed by atoms with Crippen LogP contribution < -0.4 is 0 Å². The molecule has 0 saturated carbocycles. The fourth-order valence-corrected chi connectivity index (χ4v) is 4.07. The van der Waals surface area contributed by atoms with Gasteiger partial charge in [-0.05, 0) is 25.5 Å². The standard InChI is InChI=1S/C21H20N2O3/c1-3-22-16-10-5-4-9-15(16)18-19(14-8-6-7-13(2)11-14)23(12-17(24)25)21(26)20(18)22/h4-11,19H,3,12H2,1-2H3,(H,24,25). The number of nitrogens with zero attached hydrogens (tertiary/aromatic N) is 2. The van der Waals surface area contributed by atoms with Gasteiger partial charge >= 0.3 is 5.97 Å². The molecule has 1 aromatic heterocycles. The molecule has 5 nitrogen and oxygen atoms in total. The van der Waals surface area contributed by atoms with Gasteiger partial charge in [-0.25, -0.2) is 0 Å². The Morgan fingerprint density at radius 3 is 2.62 bits per heavy atom. The molecule has 1 N–H and O–H groups in total. The van der Waals surface area contributed by atoms with Gasteiger partial charge in [-0.2, -0.15) is 0 Å². The fraction of sp³-hybridized carbons (Fsp3) is 0.238. The number of rotatable bonds is 4. The molecule has 1 atom stereocenters. The summed E-state index contributed by atoms with van der Waals surface area (Å²) in [5.74, 6) is -1.22. The summed E-state index contributed by atoms with van der Waals surface area (Å²) in [6.07, 6.45) is 0. The molecule has 2 aromatic carbocycles. The van der Waals surface area contributed by atoms with Crippen molar-refractivity contribution in [2.24, 2.45) is 0 Å². The summed E-state index contributed by atoms with van der Waals surface area (Å²) in [5, 5.41) is 10.4. The lowest BCUT2D eigenvalue weighted by atomic mass is 9.97. The van der Waals surface area contributed by atoms with Crippen LogP contribution in [0.4, 0.5) is 0 Å². The van der Waals surface area contributed by atoms with Crippen LogP contribution in [-0.2, 0) is 11.3 Å². The summed E-state index contributed by atoms with van der Waals surface area (Å²) in [5.41, 5.74) is 4.57. The smallest absolute Gasteiger partial charge is 0.323 e. The lowest BCUT2D eigenvalue weighted by Gasteiger charge is -2.25. The molecule has 1 amide bonds. The van der Waals surface area contributed by atoms with E-state index in [0.717, 1.165) is 27.6 Å². The van der Waals surface area contributed by atoms with E-state index in [0.29, 0.717) is 12.2 Å². The molecule has 0 radical (unpaired) electrons. The first-order valence-corrected chi connectivity index (χ1v) is 8.73. The van der Waals surface area contributed by atoms with Crippen molar-refractivity contribution in [2.45, 2.75) is 26.4 Å². The Kier molecular flexibility index (Phi) is 3.80. The normalized spacial score (nSPS) is 16.3. The van der Waals surface area contributed by atoms with Crippen LogP contribution >= 0.6 is 0 Å². The predicted octanol–water partition coefficient (Wildman–Crippen LogP) is 3.60. The number of carboxylic acids is 1. The van der Waals surface area contributed by atoms with Crippen molar-refractivity contribution in [3.63, 3.8) is 0 Å². The molecule has 0 fully saturated rings. The van der Waals surface area contributed by atoms with E-state index in [4.69, 9.17) is 0 Å². The van der Waals surface area contributed by atoms with Crippen molar-refractivity contribution in [1.82, 2.24) is 9.47 Å². The van der Waals surface area contributed by atoms with Gasteiger partial charge in [0.05, 0.1) is 6.04 Å². The number of hydrogen-bond acceptors (Lipinski definition) is 2. The topological polar surface area (TPSA) is 62.5 Å². The molecule has 132 valence electrons. The lowest BCUT2D eigenvalue weighted by molar-refractivity contribution is -0.138. The number of fused-ring (bicyclic) bond motifs is 3. The highest BCUT2D eigenvalue weighted by Crippen LogP contribution is 2.44. The van der Waals surface area contributed by atoms with E-state index in [1.807, 2.05) is 66.9 Å². The SMILES string of the molecule is CCn1c2c(c3ccccc31)C(c1cccc(C)c1)N(CC(=O)O)C2=O. The molecule has 2 heterocycles. The van der Waals surface area contributed by atoms with Gasteiger partial charge in [0.15, 0.2) is 0 Å². The summed E-state index contributed by atoms with van der Waals surface area (Å²) < 4.78 is 2.00. The summed E-state index contributed by atoms with van der Waals surface area (Å²) in [6, 6.07) is 15.5. The highest BCUT2D eigenvalue weighted by Gasteiger charge is 2.43. The lowest BCUT2D eigenvalue weighted by Crippen LogP contribution is -2.34. The van der Waals surface area contributed by atoms with Crippen molar-refractivity contribution >= 4 is 22.8 Å². The summed E-state index contributed by atoms with van der Waals surface area (Å²) in [7, 11) is 0. The second-order valence-corrected chi connectivity index (χ2v) is 6.67. The van der Waals surface area contributed by atoms with Gasteiger partial charge in [0.2, 0.25) is 0 Å². The Morgan fingerprint density at radius 2 is 1.92 bits per heavy atom. The van der Waals surface area contributed by atoms with Crippen molar-refractivity contribution in [1.29, 1.82) is 0 Å². The average molecular weight is 348 g/mol. The number of aromatic nitrogens is 1. The molecule has 1 aliphatic rings. The van der Waals surface area contributed by atoms with Crippen LogP contribution in [0.2, 0.25) is 0 Å². The van der Waals surface area contributed by atoms with E-state index in [1.165, 1.54) is 4.90 Å². The van der Waals surface area contributed by atoms with Crippen LogP contribution in [0.1, 0.15) is 40.1 Å². The molecule has 0 aliphatic carbocycles. The van der Waals surface area contributed by atoms with Crippen molar-refractivity contribution in [3.8, 4) is 0 Å². The number of carbonyl (C=O) groups excluding carboxylic acids is 1. The first kappa shape index (κ1) is 16.4. The van der Waals surface area contributed by atoms with Gasteiger partial charge in [0.25, 0.3) is 5.91 Å². The Balaban J connectivity index is 2.02. The van der Waals surface area contributed by atoms with Gasteiger partial charge in [-0.15, -0.1) is 0 Å². The van der Waals surface area contributed by atoms with Crippen LogP contribution in [-0.4, -0.2) is 33.0 Å². The minimum Gasteiger partial charge on any atom is -0.480 e. The zero-order chi connectivity index (χ0) is 18.4. The third-order valence-corrected chi connectivity index (χ3v) is 5.04. The number of benzene rings is 2. The monoisotopic (exact) mass is 348 g/mol. The van der Waals surface area contributed by atoms with E-state index in [1.54, 1.807) is 0 Å². The highest BCUT2D eigenvalue weighted by molar-refractivity contribution is 6.07. The summed E-state index contributed by atoms with van der Waals surface area (Å²) in [6.45, 7) is 4.34. The third-order valence-electron chi connectivity index (χ3n) is 5.04. The maximum atomic E-state index is 13.2. The molecular weight excluding hydrogens is 328 g/mol. The minimum absolute atomic E-state index is 0.216. The molecule has 3 aromatic rings. The first-order chi connectivity index (χ1) is 12.5. The molecule has 5 heteroatoms. The molecule has 0 bridgehead atoms. The average Bonchev–Trinajstić information content (AvgIpc) is 3.08.